The Morgan fingerprint density at radius 2 is 1.82 bits per heavy atom. The fourth-order valence-corrected chi connectivity index (χ4v) is 4.94. The second kappa shape index (κ2) is 7.64. The monoisotopic (exact) mass is 422 g/mol. The third-order valence-electron chi connectivity index (χ3n) is 5.84. The quantitative estimate of drug-likeness (QED) is 0.757. The number of amides is 1. The minimum absolute atomic E-state index is 0.0314. The van der Waals surface area contributed by atoms with Crippen molar-refractivity contribution in [3.05, 3.63) is 63.9 Å². The number of fused-ring (bicyclic) bond motifs is 2. The highest BCUT2D eigenvalue weighted by Gasteiger charge is 2.49. The number of halogens is 3. The van der Waals surface area contributed by atoms with Gasteiger partial charge in [-0.2, -0.15) is 0 Å². The number of nitrogens with one attached hydrogen (secondary N) is 1. The van der Waals surface area contributed by atoms with Crippen LogP contribution in [-0.2, 0) is 10.4 Å². The third kappa shape index (κ3) is 3.64. The number of anilines is 1. The van der Waals surface area contributed by atoms with Crippen LogP contribution in [0, 0.1) is 5.82 Å². The van der Waals surface area contributed by atoms with Gasteiger partial charge in [0.2, 0.25) is 5.91 Å². The Balaban J connectivity index is 1.46. The minimum atomic E-state index is -1.19. The van der Waals surface area contributed by atoms with Gasteiger partial charge < -0.3 is 10.4 Å². The summed E-state index contributed by atoms with van der Waals surface area (Å²) >= 11 is 12.1. The number of hydrogen-bond donors (Lipinski definition) is 2. The average Bonchev–Trinajstić information content (AvgIpc) is 2.89. The van der Waals surface area contributed by atoms with E-state index in [-0.39, 0.29) is 30.4 Å². The molecule has 148 valence electrons. The minimum Gasteiger partial charge on any atom is -0.385 e. The van der Waals surface area contributed by atoms with Crippen LogP contribution in [0.15, 0.2) is 42.5 Å². The molecule has 0 spiro atoms. The van der Waals surface area contributed by atoms with Gasteiger partial charge in [0, 0.05) is 17.6 Å². The molecule has 2 fully saturated rings. The summed E-state index contributed by atoms with van der Waals surface area (Å²) in [4.78, 5) is 14.7. The first-order valence-electron chi connectivity index (χ1n) is 9.34. The first-order chi connectivity index (χ1) is 13.4. The summed E-state index contributed by atoms with van der Waals surface area (Å²) in [5.74, 6) is -0.566. The van der Waals surface area contributed by atoms with Crippen molar-refractivity contribution < 1.29 is 14.3 Å². The lowest BCUT2D eigenvalue weighted by Gasteiger charge is -2.43. The molecule has 2 unspecified atom stereocenters. The molecule has 2 aromatic rings. The van der Waals surface area contributed by atoms with Crippen molar-refractivity contribution in [1.29, 1.82) is 0 Å². The average molecular weight is 423 g/mol. The van der Waals surface area contributed by atoms with Crippen LogP contribution in [0.25, 0.3) is 0 Å². The van der Waals surface area contributed by atoms with E-state index >= 15 is 0 Å². The number of piperidine rings is 1. The molecule has 2 N–H and O–H groups in total. The van der Waals surface area contributed by atoms with Crippen LogP contribution in [0.4, 0.5) is 10.1 Å². The molecule has 4 rings (SSSR count). The molecule has 28 heavy (non-hydrogen) atoms. The van der Waals surface area contributed by atoms with Crippen LogP contribution in [0.5, 0.6) is 0 Å². The van der Waals surface area contributed by atoms with E-state index in [4.69, 9.17) is 23.2 Å². The lowest BCUT2D eigenvalue weighted by Crippen LogP contribution is -2.52. The molecular weight excluding hydrogens is 402 g/mol. The van der Waals surface area contributed by atoms with E-state index in [0.29, 0.717) is 34.1 Å². The van der Waals surface area contributed by atoms with Crippen molar-refractivity contribution in [2.24, 2.45) is 0 Å². The number of hydrogen-bond acceptors (Lipinski definition) is 3. The van der Waals surface area contributed by atoms with Gasteiger partial charge in [0.05, 0.1) is 27.9 Å². The lowest BCUT2D eigenvalue weighted by atomic mass is 9.80. The van der Waals surface area contributed by atoms with Crippen LogP contribution in [0.1, 0.15) is 31.2 Å². The van der Waals surface area contributed by atoms with Gasteiger partial charge in [0.1, 0.15) is 5.82 Å². The molecule has 0 saturated carbocycles. The van der Waals surface area contributed by atoms with E-state index in [1.54, 1.807) is 36.4 Å². The first-order valence-corrected chi connectivity index (χ1v) is 10.1. The Labute approximate surface area is 173 Å². The fraction of sp³-hybridized carbons (Fsp3) is 0.381. The molecule has 2 heterocycles. The summed E-state index contributed by atoms with van der Waals surface area (Å²) in [5, 5.41) is 14.7. The molecule has 2 bridgehead atoms. The molecular formula is C21H21Cl2FN2O2. The van der Waals surface area contributed by atoms with Gasteiger partial charge in [0.25, 0.3) is 0 Å². The SMILES string of the molecule is O=C(CN1C2CCC1CC(O)(c1ccccc1F)C2)Nc1cccc(Cl)c1Cl. The van der Waals surface area contributed by atoms with E-state index in [9.17, 15) is 14.3 Å². The van der Waals surface area contributed by atoms with Crippen molar-refractivity contribution in [2.45, 2.75) is 43.4 Å². The van der Waals surface area contributed by atoms with Crippen LogP contribution in [-0.4, -0.2) is 34.5 Å². The van der Waals surface area contributed by atoms with Gasteiger partial charge in [-0.05, 0) is 43.9 Å². The van der Waals surface area contributed by atoms with E-state index < -0.39 is 5.60 Å². The van der Waals surface area contributed by atoms with Crippen molar-refractivity contribution >= 4 is 34.8 Å². The van der Waals surface area contributed by atoms with Gasteiger partial charge in [-0.15, -0.1) is 0 Å². The van der Waals surface area contributed by atoms with Gasteiger partial charge in [-0.1, -0.05) is 47.5 Å². The number of rotatable bonds is 4. The van der Waals surface area contributed by atoms with Gasteiger partial charge in [0.15, 0.2) is 0 Å². The van der Waals surface area contributed by atoms with Crippen LogP contribution in [0.2, 0.25) is 10.0 Å². The first kappa shape index (κ1) is 19.6. The number of benzene rings is 2. The Bertz CT molecular complexity index is 894. The largest absolute Gasteiger partial charge is 0.385 e. The normalized spacial score (nSPS) is 27.0. The number of nitrogens with zero attached hydrogens (tertiary/aromatic N) is 1. The Hall–Kier alpha value is -1.66. The number of aliphatic hydroxyl groups is 1. The molecule has 0 radical (unpaired) electrons. The summed E-state index contributed by atoms with van der Waals surface area (Å²) in [6.07, 6.45) is 2.59. The fourth-order valence-electron chi connectivity index (χ4n) is 4.59. The molecule has 0 aromatic heterocycles. The standard InChI is InChI=1S/C21H21Cl2FN2O2/c22-16-5-3-7-18(20(16)23)25-19(27)12-26-13-8-9-14(26)11-21(28,10-13)15-4-1-2-6-17(15)24/h1-7,13-14,28H,8-12H2,(H,25,27). The van der Waals surface area contributed by atoms with E-state index in [0.717, 1.165) is 12.8 Å². The van der Waals surface area contributed by atoms with Crippen LogP contribution < -0.4 is 5.32 Å². The summed E-state index contributed by atoms with van der Waals surface area (Å²) in [5.41, 5.74) is -0.367. The van der Waals surface area contributed by atoms with Crippen molar-refractivity contribution in [3.63, 3.8) is 0 Å². The Morgan fingerprint density at radius 3 is 2.50 bits per heavy atom. The predicted molar refractivity (Wildman–Crippen MR) is 108 cm³/mol. The zero-order valence-electron chi connectivity index (χ0n) is 15.2. The molecule has 2 aromatic carbocycles. The predicted octanol–water partition coefficient (Wildman–Crippen LogP) is 4.59. The van der Waals surface area contributed by atoms with Crippen LogP contribution >= 0.6 is 23.2 Å². The van der Waals surface area contributed by atoms with Crippen molar-refractivity contribution in [2.75, 3.05) is 11.9 Å². The molecule has 2 atom stereocenters. The Kier molecular flexibility index (Phi) is 5.36. The summed E-state index contributed by atoms with van der Waals surface area (Å²) in [6, 6.07) is 11.5. The van der Waals surface area contributed by atoms with E-state index in [2.05, 4.69) is 10.2 Å². The van der Waals surface area contributed by atoms with Crippen molar-refractivity contribution in [3.8, 4) is 0 Å². The summed E-state index contributed by atoms with van der Waals surface area (Å²) < 4.78 is 14.3. The lowest BCUT2D eigenvalue weighted by molar-refractivity contribution is -0.121. The Morgan fingerprint density at radius 1 is 1.14 bits per heavy atom. The summed E-state index contributed by atoms with van der Waals surface area (Å²) in [7, 11) is 0. The number of carbonyl (C=O) groups excluding carboxylic acids is 1. The highest BCUT2D eigenvalue weighted by atomic mass is 35.5. The molecule has 2 saturated heterocycles. The maximum atomic E-state index is 14.3. The molecule has 4 nitrogen and oxygen atoms in total. The smallest absolute Gasteiger partial charge is 0.238 e. The molecule has 2 aliphatic heterocycles. The molecule has 1 amide bonds. The van der Waals surface area contributed by atoms with Crippen molar-refractivity contribution in [1.82, 2.24) is 4.90 Å². The topological polar surface area (TPSA) is 52.6 Å². The maximum absolute atomic E-state index is 14.3. The van der Waals surface area contributed by atoms with Gasteiger partial charge in [-0.3, -0.25) is 9.69 Å². The van der Waals surface area contributed by atoms with Crippen LogP contribution in [0.3, 0.4) is 0 Å². The molecule has 7 heteroatoms. The summed E-state index contributed by atoms with van der Waals surface area (Å²) in [6.45, 7) is 0.200. The third-order valence-corrected chi connectivity index (χ3v) is 6.66. The van der Waals surface area contributed by atoms with E-state index in [1.165, 1.54) is 6.07 Å². The molecule has 0 aliphatic carbocycles. The number of carbonyl (C=O) groups is 1. The highest BCUT2D eigenvalue weighted by molar-refractivity contribution is 6.44. The molecule has 2 aliphatic rings. The maximum Gasteiger partial charge on any atom is 0.238 e. The highest BCUT2D eigenvalue weighted by Crippen LogP contribution is 2.46. The van der Waals surface area contributed by atoms with Gasteiger partial charge >= 0.3 is 0 Å². The second-order valence-corrected chi connectivity index (χ2v) is 8.41. The zero-order chi connectivity index (χ0) is 19.9. The van der Waals surface area contributed by atoms with E-state index in [1.807, 2.05) is 0 Å². The van der Waals surface area contributed by atoms with Gasteiger partial charge in [-0.25, -0.2) is 4.39 Å². The zero-order valence-corrected chi connectivity index (χ0v) is 16.7. The second-order valence-electron chi connectivity index (χ2n) is 7.63.